The van der Waals surface area contributed by atoms with E-state index in [1.54, 1.807) is 0 Å². The van der Waals surface area contributed by atoms with Gasteiger partial charge in [-0.15, -0.1) is 0 Å². The van der Waals surface area contributed by atoms with Crippen molar-refractivity contribution in [2.45, 2.75) is 25.8 Å². The number of carbonyl (C=O) groups is 1. The summed E-state index contributed by atoms with van der Waals surface area (Å²) in [6.45, 7) is 3.67. The van der Waals surface area contributed by atoms with Gasteiger partial charge in [-0.3, -0.25) is 4.79 Å². The van der Waals surface area contributed by atoms with Crippen molar-refractivity contribution in [3.05, 3.63) is 0 Å². The van der Waals surface area contributed by atoms with Gasteiger partial charge in [0.1, 0.15) is 0 Å². The molecule has 0 aromatic carbocycles. The van der Waals surface area contributed by atoms with E-state index in [2.05, 4.69) is 0 Å². The molecule has 0 aromatic heterocycles. The summed E-state index contributed by atoms with van der Waals surface area (Å²) in [4.78, 5) is 13.0. The van der Waals surface area contributed by atoms with Crippen LogP contribution in [0.15, 0.2) is 0 Å². The Balaban J connectivity index is 2.51. The van der Waals surface area contributed by atoms with Crippen molar-refractivity contribution in [2.24, 2.45) is 5.73 Å². The standard InChI is InChI=1S/C7H14N2O/c1-2-9-5-3-4-6(8)7(9)10/h6H,2-5,8H2,1H3. The van der Waals surface area contributed by atoms with E-state index in [-0.39, 0.29) is 11.9 Å². The second-order valence-electron chi connectivity index (χ2n) is 2.67. The molecule has 1 amide bonds. The molecule has 1 saturated heterocycles. The van der Waals surface area contributed by atoms with Crippen LogP contribution < -0.4 is 5.73 Å². The lowest BCUT2D eigenvalue weighted by Crippen LogP contribution is -2.48. The van der Waals surface area contributed by atoms with Crippen molar-refractivity contribution in [3.8, 4) is 0 Å². The number of likely N-dealkylation sites (N-methyl/N-ethyl adjacent to an activating group) is 1. The molecule has 0 radical (unpaired) electrons. The highest BCUT2D eigenvalue weighted by Gasteiger charge is 2.23. The van der Waals surface area contributed by atoms with Gasteiger partial charge in [0, 0.05) is 13.1 Å². The summed E-state index contributed by atoms with van der Waals surface area (Å²) in [5, 5.41) is 0. The van der Waals surface area contributed by atoms with Gasteiger partial charge in [0.25, 0.3) is 0 Å². The molecule has 0 bridgehead atoms. The van der Waals surface area contributed by atoms with E-state index in [9.17, 15) is 4.79 Å². The second-order valence-corrected chi connectivity index (χ2v) is 2.67. The third-order valence-electron chi connectivity index (χ3n) is 1.95. The van der Waals surface area contributed by atoms with E-state index in [4.69, 9.17) is 5.73 Å². The minimum absolute atomic E-state index is 0.119. The lowest BCUT2D eigenvalue weighted by molar-refractivity contribution is -0.134. The van der Waals surface area contributed by atoms with Crippen molar-refractivity contribution in [1.82, 2.24) is 4.90 Å². The number of amides is 1. The molecule has 3 heteroatoms. The Kier molecular flexibility index (Phi) is 2.27. The second kappa shape index (κ2) is 3.01. The molecular weight excluding hydrogens is 128 g/mol. The molecule has 0 spiro atoms. The number of likely N-dealkylation sites (tertiary alicyclic amines) is 1. The molecular formula is C7H14N2O. The third kappa shape index (κ3) is 1.29. The number of hydrogen-bond acceptors (Lipinski definition) is 2. The molecule has 2 N–H and O–H groups in total. The molecule has 1 rings (SSSR count). The Morgan fingerprint density at radius 2 is 2.50 bits per heavy atom. The smallest absolute Gasteiger partial charge is 0.239 e. The molecule has 10 heavy (non-hydrogen) atoms. The Hall–Kier alpha value is -0.570. The Morgan fingerprint density at radius 1 is 1.80 bits per heavy atom. The van der Waals surface area contributed by atoms with Gasteiger partial charge in [0.15, 0.2) is 0 Å². The van der Waals surface area contributed by atoms with Gasteiger partial charge in [-0.1, -0.05) is 0 Å². The number of piperidine rings is 1. The molecule has 1 fully saturated rings. The van der Waals surface area contributed by atoms with Crippen LogP contribution in [-0.2, 0) is 4.79 Å². The first-order valence-electron chi connectivity index (χ1n) is 3.80. The largest absolute Gasteiger partial charge is 0.342 e. The number of nitrogens with two attached hydrogens (primary N) is 1. The fourth-order valence-corrected chi connectivity index (χ4v) is 1.28. The number of hydrogen-bond donors (Lipinski definition) is 1. The highest BCUT2D eigenvalue weighted by molar-refractivity contribution is 5.82. The molecule has 0 aliphatic carbocycles. The maximum absolute atomic E-state index is 11.2. The zero-order chi connectivity index (χ0) is 7.56. The first-order valence-corrected chi connectivity index (χ1v) is 3.80. The zero-order valence-corrected chi connectivity index (χ0v) is 6.34. The Morgan fingerprint density at radius 3 is 3.00 bits per heavy atom. The van der Waals surface area contributed by atoms with E-state index in [1.807, 2.05) is 11.8 Å². The van der Waals surface area contributed by atoms with Gasteiger partial charge >= 0.3 is 0 Å². The van der Waals surface area contributed by atoms with Gasteiger partial charge in [0.2, 0.25) is 5.91 Å². The van der Waals surface area contributed by atoms with Crippen LogP contribution in [0.25, 0.3) is 0 Å². The predicted molar refractivity (Wildman–Crippen MR) is 39.5 cm³/mol. The number of nitrogens with zero attached hydrogens (tertiary/aromatic N) is 1. The van der Waals surface area contributed by atoms with E-state index in [1.165, 1.54) is 0 Å². The van der Waals surface area contributed by atoms with Gasteiger partial charge in [-0.25, -0.2) is 0 Å². The summed E-state index contributed by atoms with van der Waals surface area (Å²) in [6.07, 6.45) is 1.91. The van der Waals surface area contributed by atoms with Crippen LogP contribution in [0, 0.1) is 0 Å². The summed E-state index contributed by atoms with van der Waals surface area (Å²) in [6, 6.07) is -0.228. The quantitative estimate of drug-likeness (QED) is 0.558. The van der Waals surface area contributed by atoms with Crippen molar-refractivity contribution < 1.29 is 4.79 Å². The van der Waals surface area contributed by atoms with Crippen LogP contribution in [-0.4, -0.2) is 29.9 Å². The highest BCUT2D eigenvalue weighted by atomic mass is 16.2. The zero-order valence-electron chi connectivity index (χ0n) is 6.34. The fourth-order valence-electron chi connectivity index (χ4n) is 1.28. The third-order valence-corrected chi connectivity index (χ3v) is 1.95. The van der Waals surface area contributed by atoms with Crippen LogP contribution in [0.3, 0.4) is 0 Å². The van der Waals surface area contributed by atoms with Crippen LogP contribution in [0.1, 0.15) is 19.8 Å². The van der Waals surface area contributed by atoms with Crippen molar-refractivity contribution in [2.75, 3.05) is 13.1 Å². The summed E-state index contributed by atoms with van der Waals surface area (Å²) in [5.41, 5.74) is 5.55. The Labute approximate surface area is 61.2 Å². The van der Waals surface area contributed by atoms with E-state index in [0.29, 0.717) is 0 Å². The van der Waals surface area contributed by atoms with Gasteiger partial charge < -0.3 is 10.6 Å². The number of rotatable bonds is 1. The maximum atomic E-state index is 11.2. The SMILES string of the molecule is CCN1CCCC(N)C1=O. The highest BCUT2D eigenvalue weighted by Crippen LogP contribution is 2.08. The molecule has 58 valence electrons. The van der Waals surface area contributed by atoms with Crippen LogP contribution >= 0.6 is 0 Å². The Bertz CT molecular complexity index is 136. The maximum Gasteiger partial charge on any atom is 0.239 e. The van der Waals surface area contributed by atoms with Crippen LogP contribution in [0.5, 0.6) is 0 Å². The number of carbonyl (C=O) groups excluding carboxylic acids is 1. The van der Waals surface area contributed by atoms with E-state index < -0.39 is 0 Å². The predicted octanol–water partition coefficient (Wildman–Crippen LogP) is -0.0440. The first kappa shape index (κ1) is 7.54. The molecule has 0 saturated carbocycles. The molecule has 1 unspecified atom stereocenters. The minimum atomic E-state index is -0.228. The fraction of sp³-hybridized carbons (Fsp3) is 0.857. The average Bonchev–Trinajstić information content (AvgIpc) is 1.95. The molecule has 0 aromatic rings. The van der Waals surface area contributed by atoms with E-state index in [0.717, 1.165) is 25.9 Å². The van der Waals surface area contributed by atoms with Crippen molar-refractivity contribution in [3.63, 3.8) is 0 Å². The molecule has 1 aliphatic heterocycles. The normalized spacial score (nSPS) is 27.2. The van der Waals surface area contributed by atoms with Crippen LogP contribution in [0.2, 0.25) is 0 Å². The summed E-state index contributed by atoms with van der Waals surface area (Å²) >= 11 is 0. The monoisotopic (exact) mass is 142 g/mol. The van der Waals surface area contributed by atoms with Gasteiger partial charge in [0.05, 0.1) is 6.04 Å². The van der Waals surface area contributed by atoms with Gasteiger partial charge in [-0.2, -0.15) is 0 Å². The molecule has 1 aliphatic rings. The topological polar surface area (TPSA) is 46.3 Å². The minimum Gasteiger partial charge on any atom is -0.342 e. The molecule has 1 atom stereocenters. The summed E-state index contributed by atoms with van der Waals surface area (Å²) in [5.74, 6) is 0.119. The van der Waals surface area contributed by atoms with Gasteiger partial charge in [-0.05, 0) is 19.8 Å². The molecule has 3 nitrogen and oxygen atoms in total. The summed E-state index contributed by atoms with van der Waals surface area (Å²) < 4.78 is 0. The lowest BCUT2D eigenvalue weighted by atomic mass is 10.1. The van der Waals surface area contributed by atoms with E-state index >= 15 is 0 Å². The lowest BCUT2D eigenvalue weighted by Gasteiger charge is -2.29. The van der Waals surface area contributed by atoms with Crippen molar-refractivity contribution in [1.29, 1.82) is 0 Å². The first-order chi connectivity index (χ1) is 4.75. The average molecular weight is 142 g/mol. The summed E-state index contributed by atoms with van der Waals surface area (Å²) in [7, 11) is 0. The van der Waals surface area contributed by atoms with Crippen LogP contribution in [0.4, 0.5) is 0 Å². The van der Waals surface area contributed by atoms with Crippen molar-refractivity contribution >= 4 is 5.91 Å². The molecule has 1 heterocycles.